The molecule has 0 bridgehead atoms. The van der Waals surface area contributed by atoms with Crippen molar-refractivity contribution in [3.63, 3.8) is 0 Å². The summed E-state index contributed by atoms with van der Waals surface area (Å²) in [6, 6.07) is 8.81. The summed E-state index contributed by atoms with van der Waals surface area (Å²) >= 11 is 7.21. The molecular formula is C18H17ClN2O5S2. The molecule has 0 spiro atoms. The molecule has 0 radical (unpaired) electrons. The Balaban J connectivity index is 1.96. The van der Waals surface area contributed by atoms with E-state index in [0.29, 0.717) is 10.9 Å². The molecule has 0 aliphatic heterocycles. The number of amides is 1. The highest BCUT2D eigenvalue weighted by molar-refractivity contribution is 7.89. The number of carbonyl (C=O) groups excluding carboxylic acids is 2. The molecule has 0 saturated heterocycles. The van der Waals surface area contributed by atoms with Crippen molar-refractivity contribution in [2.45, 2.75) is 11.4 Å². The van der Waals surface area contributed by atoms with Crippen molar-refractivity contribution in [3.8, 4) is 12.3 Å². The van der Waals surface area contributed by atoms with E-state index in [-0.39, 0.29) is 17.0 Å². The molecule has 0 fully saturated rings. The fourth-order valence-electron chi connectivity index (χ4n) is 2.09. The van der Waals surface area contributed by atoms with Crippen LogP contribution >= 0.6 is 22.9 Å². The molecule has 0 aliphatic rings. The van der Waals surface area contributed by atoms with E-state index in [1.807, 2.05) is 6.07 Å². The largest absolute Gasteiger partial charge is 0.452 e. The first-order valence-electron chi connectivity index (χ1n) is 7.91. The van der Waals surface area contributed by atoms with Gasteiger partial charge in [-0.25, -0.2) is 13.2 Å². The first-order chi connectivity index (χ1) is 13.2. The Bertz CT molecular complexity index is 1010. The minimum atomic E-state index is -3.84. The minimum Gasteiger partial charge on any atom is -0.452 e. The molecule has 2 aromatic rings. The van der Waals surface area contributed by atoms with Gasteiger partial charge < -0.3 is 9.64 Å². The summed E-state index contributed by atoms with van der Waals surface area (Å²) in [6.07, 6.45) is 5.04. The number of sulfonamides is 1. The number of esters is 1. The Morgan fingerprint density at radius 2 is 2.07 bits per heavy atom. The first-order valence-corrected chi connectivity index (χ1v) is 10.6. The SMILES string of the molecule is C#CCNS(=O)(=O)c1cccc(C(=O)OCC(=O)N(C)Cc2ccc(Cl)s2)c1. The number of carbonyl (C=O) groups is 2. The quantitative estimate of drug-likeness (QED) is 0.501. The molecule has 1 heterocycles. The number of nitrogens with zero attached hydrogens (tertiary/aromatic N) is 1. The second kappa shape index (κ2) is 9.71. The number of benzene rings is 1. The van der Waals surface area contributed by atoms with Gasteiger partial charge in [-0.2, -0.15) is 4.72 Å². The minimum absolute atomic E-state index is 0.00377. The highest BCUT2D eigenvalue weighted by atomic mass is 35.5. The van der Waals surface area contributed by atoms with Crippen LogP contribution in [0.3, 0.4) is 0 Å². The zero-order valence-electron chi connectivity index (χ0n) is 14.8. The van der Waals surface area contributed by atoms with E-state index in [4.69, 9.17) is 22.8 Å². The Labute approximate surface area is 172 Å². The number of nitrogens with one attached hydrogen (secondary N) is 1. The van der Waals surface area contributed by atoms with Gasteiger partial charge in [-0.3, -0.25) is 4.79 Å². The summed E-state index contributed by atoms with van der Waals surface area (Å²) in [7, 11) is -2.26. The molecule has 1 amide bonds. The van der Waals surface area contributed by atoms with Crippen molar-refractivity contribution in [2.75, 3.05) is 20.2 Å². The standard InChI is InChI=1S/C18H17ClN2O5S2/c1-3-9-20-28(24,25)15-6-4-5-13(10-15)18(23)26-12-17(22)21(2)11-14-7-8-16(19)27-14/h1,4-8,10,20H,9,11-12H2,2H3. The van der Waals surface area contributed by atoms with E-state index >= 15 is 0 Å². The maximum atomic E-state index is 12.2. The third kappa shape index (κ3) is 6.07. The number of halogens is 1. The molecule has 1 aromatic carbocycles. The van der Waals surface area contributed by atoms with Crippen LogP contribution in [-0.2, 0) is 26.1 Å². The Hall–Kier alpha value is -2.38. The van der Waals surface area contributed by atoms with Crippen LogP contribution in [0.1, 0.15) is 15.2 Å². The Kier molecular flexibility index (Phi) is 7.60. The van der Waals surface area contributed by atoms with Crippen LogP contribution in [0.25, 0.3) is 0 Å². The van der Waals surface area contributed by atoms with Crippen molar-refractivity contribution in [1.82, 2.24) is 9.62 Å². The van der Waals surface area contributed by atoms with E-state index < -0.39 is 28.5 Å². The van der Waals surface area contributed by atoms with Crippen LogP contribution in [-0.4, -0.2) is 45.4 Å². The van der Waals surface area contributed by atoms with Gasteiger partial charge in [0.1, 0.15) is 0 Å². The van der Waals surface area contributed by atoms with E-state index in [1.165, 1.54) is 34.4 Å². The maximum Gasteiger partial charge on any atom is 0.338 e. The summed E-state index contributed by atoms with van der Waals surface area (Å²) in [4.78, 5) is 26.5. The third-order valence-electron chi connectivity index (χ3n) is 3.52. The fourth-order valence-corrected chi connectivity index (χ4v) is 4.21. The second-order valence-electron chi connectivity index (χ2n) is 5.59. The van der Waals surface area contributed by atoms with Gasteiger partial charge in [0, 0.05) is 11.9 Å². The average Bonchev–Trinajstić information content (AvgIpc) is 3.08. The highest BCUT2D eigenvalue weighted by Gasteiger charge is 2.18. The van der Waals surface area contributed by atoms with Crippen LogP contribution in [0.4, 0.5) is 0 Å². The van der Waals surface area contributed by atoms with Crippen molar-refractivity contribution in [3.05, 3.63) is 51.2 Å². The van der Waals surface area contributed by atoms with Crippen molar-refractivity contribution >= 4 is 44.8 Å². The van der Waals surface area contributed by atoms with Crippen LogP contribution in [0, 0.1) is 12.3 Å². The molecule has 0 atom stereocenters. The lowest BCUT2D eigenvalue weighted by atomic mass is 10.2. The van der Waals surface area contributed by atoms with Gasteiger partial charge in [-0.05, 0) is 30.3 Å². The van der Waals surface area contributed by atoms with Crippen LogP contribution in [0.2, 0.25) is 4.34 Å². The van der Waals surface area contributed by atoms with Gasteiger partial charge in [0.15, 0.2) is 6.61 Å². The van der Waals surface area contributed by atoms with Crippen molar-refractivity contribution < 1.29 is 22.7 Å². The van der Waals surface area contributed by atoms with Gasteiger partial charge in [0.2, 0.25) is 10.0 Å². The van der Waals surface area contributed by atoms with Gasteiger partial charge in [-0.1, -0.05) is 23.6 Å². The molecule has 7 nitrogen and oxygen atoms in total. The van der Waals surface area contributed by atoms with E-state index in [0.717, 1.165) is 10.9 Å². The number of terminal acetylenes is 1. The summed E-state index contributed by atoms with van der Waals surface area (Å²) in [5, 5.41) is 0. The van der Waals surface area contributed by atoms with Gasteiger partial charge in [-0.15, -0.1) is 17.8 Å². The van der Waals surface area contributed by atoms with Crippen molar-refractivity contribution in [2.24, 2.45) is 0 Å². The second-order valence-corrected chi connectivity index (χ2v) is 9.15. The van der Waals surface area contributed by atoms with Gasteiger partial charge >= 0.3 is 5.97 Å². The highest BCUT2D eigenvalue weighted by Crippen LogP contribution is 2.22. The predicted octanol–water partition coefficient (Wildman–Crippen LogP) is 2.13. The molecule has 1 aromatic heterocycles. The Morgan fingerprint density at radius 1 is 1.32 bits per heavy atom. The molecule has 2 rings (SSSR count). The molecule has 1 N–H and O–H groups in total. The van der Waals surface area contributed by atoms with E-state index in [9.17, 15) is 18.0 Å². The zero-order chi connectivity index (χ0) is 20.7. The van der Waals surface area contributed by atoms with Crippen molar-refractivity contribution in [1.29, 1.82) is 0 Å². The zero-order valence-corrected chi connectivity index (χ0v) is 17.2. The number of likely N-dealkylation sites (N-methyl/N-ethyl adjacent to an activating group) is 1. The molecule has 148 valence electrons. The lowest BCUT2D eigenvalue weighted by Gasteiger charge is -2.16. The summed E-state index contributed by atoms with van der Waals surface area (Å²) < 4.78 is 32.0. The van der Waals surface area contributed by atoms with Gasteiger partial charge in [0.05, 0.1) is 27.9 Å². The lowest BCUT2D eigenvalue weighted by molar-refractivity contribution is -0.133. The van der Waals surface area contributed by atoms with E-state index in [2.05, 4.69) is 10.6 Å². The average molecular weight is 441 g/mol. The smallest absolute Gasteiger partial charge is 0.338 e. The number of thiophene rings is 1. The van der Waals surface area contributed by atoms with Crippen LogP contribution in [0.5, 0.6) is 0 Å². The normalized spacial score (nSPS) is 10.9. The van der Waals surface area contributed by atoms with Gasteiger partial charge in [0.25, 0.3) is 5.91 Å². The third-order valence-corrected chi connectivity index (χ3v) is 6.13. The molecular weight excluding hydrogens is 424 g/mol. The number of ether oxygens (including phenoxy) is 1. The molecule has 0 aliphatic carbocycles. The predicted molar refractivity (Wildman–Crippen MR) is 107 cm³/mol. The number of hydrogen-bond donors (Lipinski definition) is 1. The Morgan fingerprint density at radius 3 is 2.71 bits per heavy atom. The fraction of sp³-hybridized carbons (Fsp3) is 0.222. The lowest BCUT2D eigenvalue weighted by Crippen LogP contribution is -2.30. The molecule has 0 unspecified atom stereocenters. The number of rotatable bonds is 8. The topological polar surface area (TPSA) is 92.8 Å². The van der Waals surface area contributed by atoms with Crippen LogP contribution in [0.15, 0.2) is 41.3 Å². The van der Waals surface area contributed by atoms with Crippen LogP contribution < -0.4 is 4.72 Å². The number of hydrogen-bond acceptors (Lipinski definition) is 6. The summed E-state index contributed by atoms with van der Waals surface area (Å²) in [5.41, 5.74) is 0.00377. The molecule has 10 heteroatoms. The maximum absolute atomic E-state index is 12.2. The monoisotopic (exact) mass is 440 g/mol. The summed E-state index contributed by atoms with van der Waals surface area (Å²) in [5.74, 6) is 0.947. The molecule has 28 heavy (non-hydrogen) atoms. The first kappa shape index (κ1) is 21.9. The van der Waals surface area contributed by atoms with E-state index in [1.54, 1.807) is 13.1 Å². The summed E-state index contributed by atoms with van der Waals surface area (Å²) in [6.45, 7) is -0.309. The molecule has 0 saturated carbocycles.